The van der Waals surface area contributed by atoms with Crippen LogP contribution in [0.25, 0.3) is 0 Å². The fourth-order valence-electron chi connectivity index (χ4n) is 1.04. The first-order valence-electron chi connectivity index (χ1n) is 3.87. The van der Waals surface area contributed by atoms with Crippen molar-refractivity contribution in [1.29, 1.82) is 0 Å². The van der Waals surface area contributed by atoms with Crippen molar-refractivity contribution in [3.05, 3.63) is 34.4 Å². The van der Waals surface area contributed by atoms with E-state index in [9.17, 15) is 13.9 Å². The van der Waals surface area contributed by atoms with Gasteiger partial charge in [0.1, 0.15) is 17.7 Å². The van der Waals surface area contributed by atoms with Gasteiger partial charge in [-0.15, -0.1) is 0 Å². The van der Waals surface area contributed by atoms with Gasteiger partial charge in [-0.2, -0.15) is 0 Å². The van der Waals surface area contributed by atoms with E-state index in [1.54, 1.807) is 0 Å². The average molecular weight is 223 g/mol. The average Bonchev–Trinajstić information content (AvgIpc) is 2.11. The standard InChI is InChI=1S/C9H9ClF2O2/c1-14-4-9(13)5-2-8(12)6(10)3-7(5)11/h2-3,9,13H,4H2,1H3. The van der Waals surface area contributed by atoms with Crippen molar-refractivity contribution in [2.75, 3.05) is 13.7 Å². The van der Waals surface area contributed by atoms with Crippen LogP contribution in [0.2, 0.25) is 5.02 Å². The monoisotopic (exact) mass is 222 g/mol. The number of aliphatic hydroxyl groups is 1. The SMILES string of the molecule is COCC(O)c1cc(F)c(Cl)cc1F. The quantitative estimate of drug-likeness (QED) is 0.796. The molecule has 1 aromatic carbocycles. The van der Waals surface area contributed by atoms with E-state index in [0.29, 0.717) is 0 Å². The molecule has 1 rings (SSSR count). The predicted molar refractivity (Wildman–Crippen MR) is 48.2 cm³/mol. The van der Waals surface area contributed by atoms with Gasteiger partial charge in [0.15, 0.2) is 0 Å². The van der Waals surface area contributed by atoms with Crippen molar-refractivity contribution in [2.45, 2.75) is 6.10 Å². The lowest BCUT2D eigenvalue weighted by atomic mass is 10.1. The van der Waals surface area contributed by atoms with E-state index in [-0.39, 0.29) is 17.2 Å². The molecule has 0 bridgehead atoms. The van der Waals surface area contributed by atoms with Gasteiger partial charge in [-0.25, -0.2) is 8.78 Å². The highest BCUT2D eigenvalue weighted by molar-refractivity contribution is 6.30. The number of rotatable bonds is 3. The van der Waals surface area contributed by atoms with Crippen LogP contribution in [0.15, 0.2) is 12.1 Å². The maximum atomic E-state index is 13.1. The highest BCUT2D eigenvalue weighted by Crippen LogP contribution is 2.23. The second-order valence-corrected chi connectivity index (χ2v) is 3.17. The predicted octanol–water partition coefficient (Wildman–Crippen LogP) is 2.30. The van der Waals surface area contributed by atoms with Crippen LogP contribution in [-0.4, -0.2) is 18.8 Å². The molecule has 14 heavy (non-hydrogen) atoms. The van der Waals surface area contributed by atoms with Gasteiger partial charge in [0.2, 0.25) is 0 Å². The summed E-state index contributed by atoms with van der Waals surface area (Å²) in [6.07, 6.45) is -1.19. The second kappa shape index (κ2) is 4.68. The van der Waals surface area contributed by atoms with Gasteiger partial charge in [-0.1, -0.05) is 11.6 Å². The molecule has 0 heterocycles. The number of halogens is 3. The third kappa shape index (κ3) is 2.41. The lowest BCUT2D eigenvalue weighted by Crippen LogP contribution is -2.07. The first kappa shape index (κ1) is 11.4. The molecular weight excluding hydrogens is 214 g/mol. The molecule has 5 heteroatoms. The van der Waals surface area contributed by atoms with E-state index in [0.717, 1.165) is 12.1 Å². The van der Waals surface area contributed by atoms with Crippen LogP contribution in [0.4, 0.5) is 8.78 Å². The zero-order chi connectivity index (χ0) is 10.7. The van der Waals surface area contributed by atoms with E-state index in [1.165, 1.54) is 7.11 Å². The van der Waals surface area contributed by atoms with Crippen molar-refractivity contribution in [3.8, 4) is 0 Å². The third-order valence-electron chi connectivity index (χ3n) is 1.72. The van der Waals surface area contributed by atoms with Crippen molar-refractivity contribution < 1.29 is 18.6 Å². The van der Waals surface area contributed by atoms with Crippen LogP contribution in [0.3, 0.4) is 0 Å². The lowest BCUT2D eigenvalue weighted by Gasteiger charge is -2.11. The van der Waals surface area contributed by atoms with Crippen molar-refractivity contribution in [1.82, 2.24) is 0 Å². The molecule has 1 aromatic rings. The van der Waals surface area contributed by atoms with Crippen LogP contribution in [0.1, 0.15) is 11.7 Å². The Morgan fingerprint density at radius 1 is 1.43 bits per heavy atom. The topological polar surface area (TPSA) is 29.5 Å². The van der Waals surface area contributed by atoms with Gasteiger partial charge >= 0.3 is 0 Å². The summed E-state index contributed by atoms with van der Waals surface area (Å²) in [5, 5.41) is 9.03. The fourth-order valence-corrected chi connectivity index (χ4v) is 1.19. The minimum absolute atomic E-state index is 0.0992. The first-order chi connectivity index (χ1) is 6.56. The number of aliphatic hydroxyl groups excluding tert-OH is 1. The van der Waals surface area contributed by atoms with E-state index in [1.807, 2.05) is 0 Å². The van der Waals surface area contributed by atoms with Gasteiger partial charge < -0.3 is 9.84 Å². The Balaban J connectivity index is 3.02. The fraction of sp³-hybridized carbons (Fsp3) is 0.333. The van der Waals surface area contributed by atoms with Crippen LogP contribution in [0.5, 0.6) is 0 Å². The van der Waals surface area contributed by atoms with E-state index in [2.05, 4.69) is 4.74 Å². The summed E-state index contributed by atoms with van der Waals surface area (Å²) < 4.78 is 30.7. The highest BCUT2D eigenvalue weighted by atomic mass is 35.5. The second-order valence-electron chi connectivity index (χ2n) is 2.76. The number of benzene rings is 1. The third-order valence-corrected chi connectivity index (χ3v) is 2.01. The molecule has 0 amide bonds. The van der Waals surface area contributed by atoms with Crippen molar-refractivity contribution >= 4 is 11.6 Å². The Labute approximate surface area is 85.1 Å². The minimum atomic E-state index is -1.19. The van der Waals surface area contributed by atoms with Crippen molar-refractivity contribution in [2.24, 2.45) is 0 Å². The largest absolute Gasteiger partial charge is 0.386 e. The van der Waals surface area contributed by atoms with E-state index in [4.69, 9.17) is 11.6 Å². The summed E-state index contributed by atoms with van der Waals surface area (Å²) in [5.74, 6) is -1.51. The molecule has 0 fully saturated rings. The van der Waals surface area contributed by atoms with Crippen LogP contribution < -0.4 is 0 Å². The van der Waals surface area contributed by atoms with Crippen LogP contribution in [0, 0.1) is 11.6 Å². The number of ether oxygens (including phenoxy) is 1. The minimum Gasteiger partial charge on any atom is -0.386 e. The molecule has 0 saturated carbocycles. The Morgan fingerprint density at radius 2 is 2.07 bits per heavy atom. The van der Waals surface area contributed by atoms with E-state index < -0.39 is 17.7 Å². The van der Waals surface area contributed by atoms with E-state index >= 15 is 0 Å². The zero-order valence-electron chi connectivity index (χ0n) is 7.43. The molecule has 0 aliphatic rings. The summed E-state index contributed by atoms with van der Waals surface area (Å²) in [5.41, 5.74) is -0.159. The molecule has 0 aliphatic carbocycles. The van der Waals surface area contributed by atoms with Gasteiger partial charge in [-0.05, 0) is 12.1 Å². The Morgan fingerprint density at radius 3 is 2.64 bits per heavy atom. The van der Waals surface area contributed by atoms with Gasteiger partial charge in [-0.3, -0.25) is 0 Å². The lowest BCUT2D eigenvalue weighted by molar-refractivity contribution is 0.0619. The summed E-state index contributed by atoms with van der Waals surface area (Å²) in [6, 6.07) is 1.69. The molecule has 0 aromatic heterocycles. The number of hydrogen-bond donors (Lipinski definition) is 1. The zero-order valence-corrected chi connectivity index (χ0v) is 8.18. The van der Waals surface area contributed by atoms with Crippen LogP contribution >= 0.6 is 11.6 Å². The summed E-state index contributed by atoms with van der Waals surface area (Å²) >= 11 is 5.34. The molecule has 2 nitrogen and oxygen atoms in total. The molecule has 1 atom stereocenters. The molecule has 1 N–H and O–H groups in total. The van der Waals surface area contributed by atoms with Gasteiger partial charge in [0, 0.05) is 12.7 Å². The maximum Gasteiger partial charge on any atom is 0.142 e. The molecular formula is C9H9ClF2O2. The van der Waals surface area contributed by atoms with Crippen LogP contribution in [-0.2, 0) is 4.74 Å². The highest BCUT2D eigenvalue weighted by Gasteiger charge is 2.15. The molecule has 0 saturated heterocycles. The smallest absolute Gasteiger partial charge is 0.142 e. The number of hydrogen-bond acceptors (Lipinski definition) is 2. The normalized spacial score (nSPS) is 12.9. The molecule has 0 spiro atoms. The molecule has 0 radical (unpaired) electrons. The number of methoxy groups -OCH3 is 1. The van der Waals surface area contributed by atoms with Gasteiger partial charge in [0.25, 0.3) is 0 Å². The summed E-state index contributed by atoms with van der Waals surface area (Å²) in [4.78, 5) is 0. The maximum absolute atomic E-state index is 13.1. The Bertz CT molecular complexity index is 331. The Kier molecular flexibility index (Phi) is 3.80. The summed E-state index contributed by atoms with van der Waals surface area (Å²) in [6.45, 7) is -0.0992. The van der Waals surface area contributed by atoms with Crippen molar-refractivity contribution in [3.63, 3.8) is 0 Å². The van der Waals surface area contributed by atoms with Gasteiger partial charge in [0.05, 0.1) is 11.6 Å². The molecule has 78 valence electrons. The Hall–Kier alpha value is -0.710. The first-order valence-corrected chi connectivity index (χ1v) is 4.25. The summed E-state index contributed by atoms with van der Waals surface area (Å²) in [7, 11) is 1.35. The molecule has 0 aliphatic heterocycles. The molecule has 1 unspecified atom stereocenters.